The van der Waals surface area contributed by atoms with Gasteiger partial charge >= 0.3 is 0 Å². The van der Waals surface area contributed by atoms with Crippen LogP contribution in [0.15, 0.2) is 0 Å². The second-order valence-electron chi connectivity index (χ2n) is 6.75. The summed E-state index contributed by atoms with van der Waals surface area (Å²) in [5, 5.41) is 0. The summed E-state index contributed by atoms with van der Waals surface area (Å²) in [7, 11) is 0. The Hall–Kier alpha value is -0.0800. The van der Waals surface area contributed by atoms with Crippen molar-refractivity contribution in [2.75, 3.05) is 32.7 Å². The molecule has 0 atom stereocenters. The zero-order chi connectivity index (χ0) is 11.8. The second-order valence-corrected chi connectivity index (χ2v) is 6.75. The number of hydrogen-bond donors (Lipinski definition) is 0. The first-order valence-electron chi connectivity index (χ1n) is 6.97. The molecule has 2 rings (SSSR count). The minimum Gasteiger partial charge on any atom is -0.302 e. The van der Waals surface area contributed by atoms with Gasteiger partial charge in [-0.05, 0) is 39.2 Å². The van der Waals surface area contributed by atoms with E-state index in [-0.39, 0.29) is 0 Å². The fraction of sp³-hybridized carbons (Fsp3) is 1.00. The van der Waals surface area contributed by atoms with E-state index in [2.05, 4.69) is 37.5 Å². The van der Waals surface area contributed by atoms with Crippen LogP contribution in [0.3, 0.4) is 0 Å². The standard InChI is InChI=1S/C14H28N2/c1-12(2)6-5-7-15-8-14(9-15)10-16(11-14)13(3)4/h12-13H,5-11H2,1-4H3. The fourth-order valence-corrected chi connectivity index (χ4v) is 3.16. The van der Waals surface area contributed by atoms with Crippen molar-refractivity contribution in [2.45, 2.75) is 46.6 Å². The van der Waals surface area contributed by atoms with Gasteiger partial charge in [-0.25, -0.2) is 0 Å². The first kappa shape index (κ1) is 12.4. The summed E-state index contributed by atoms with van der Waals surface area (Å²) in [5.74, 6) is 0.871. The Morgan fingerprint density at radius 1 is 1.00 bits per heavy atom. The van der Waals surface area contributed by atoms with E-state index in [1.807, 2.05) is 0 Å². The van der Waals surface area contributed by atoms with Gasteiger partial charge in [0, 0.05) is 37.6 Å². The second kappa shape index (κ2) is 4.66. The van der Waals surface area contributed by atoms with Gasteiger partial charge in [0.15, 0.2) is 0 Å². The number of hydrogen-bond acceptors (Lipinski definition) is 2. The van der Waals surface area contributed by atoms with Gasteiger partial charge in [-0.2, -0.15) is 0 Å². The van der Waals surface area contributed by atoms with Crippen LogP contribution in [0.4, 0.5) is 0 Å². The van der Waals surface area contributed by atoms with Crippen LogP contribution in [0.1, 0.15) is 40.5 Å². The highest BCUT2D eigenvalue weighted by Gasteiger charge is 2.51. The third kappa shape index (κ3) is 2.60. The van der Waals surface area contributed by atoms with Crippen LogP contribution >= 0.6 is 0 Å². The number of likely N-dealkylation sites (tertiary alicyclic amines) is 2. The third-order valence-corrected chi connectivity index (χ3v) is 4.18. The number of nitrogens with zero attached hydrogens (tertiary/aromatic N) is 2. The summed E-state index contributed by atoms with van der Waals surface area (Å²) in [4.78, 5) is 5.26. The molecule has 0 radical (unpaired) electrons. The maximum atomic E-state index is 2.65. The van der Waals surface area contributed by atoms with Crippen molar-refractivity contribution in [1.82, 2.24) is 9.80 Å². The Labute approximate surface area is 101 Å². The maximum absolute atomic E-state index is 2.65. The monoisotopic (exact) mass is 224 g/mol. The van der Waals surface area contributed by atoms with Crippen molar-refractivity contribution in [3.8, 4) is 0 Å². The molecule has 0 bridgehead atoms. The summed E-state index contributed by atoms with van der Waals surface area (Å²) < 4.78 is 0. The van der Waals surface area contributed by atoms with Crippen molar-refractivity contribution in [1.29, 1.82) is 0 Å². The normalized spacial score (nSPS) is 25.1. The van der Waals surface area contributed by atoms with Crippen molar-refractivity contribution < 1.29 is 0 Å². The number of rotatable bonds is 5. The van der Waals surface area contributed by atoms with Crippen LogP contribution < -0.4 is 0 Å². The van der Waals surface area contributed by atoms with Crippen molar-refractivity contribution in [3.63, 3.8) is 0 Å². The maximum Gasteiger partial charge on any atom is 0.0212 e. The molecule has 2 nitrogen and oxygen atoms in total. The van der Waals surface area contributed by atoms with E-state index in [4.69, 9.17) is 0 Å². The zero-order valence-electron chi connectivity index (χ0n) is 11.5. The van der Waals surface area contributed by atoms with Gasteiger partial charge in [-0.3, -0.25) is 4.90 Å². The molecule has 0 aliphatic carbocycles. The largest absolute Gasteiger partial charge is 0.302 e. The van der Waals surface area contributed by atoms with Crippen molar-refractivity contribution in [3.05, 3.63) is 0 Å². The van der Waals surface area contributed by atoms with E-state index in [1.165, 1.54) is 45.6 Å². The van der Waals surface area contributed by atoms with Crippen LogP contribution in [0, 0.1) is 11.3 Å². The Morgan fingerprint density at radius 3 is 2.12 bits per heavy atom. The SMILES string of the molecule is CC(C)CCCN1CC2(C1)CN(C(C)C)C2. The summed E-state index contributed by atoms with van der Waals surface area (Å²) in [6.07, 6.45) is 2.78. The highest BCUT2D eigenvalue weighted by atomic mass is 15.3. The van der Waals surface area contributed by atoms with Gasteiger partial charge < -0.3 is 4.90 Å². The molecule has 0 aromatic rings. The fourth-order valence-electron chi connectivity index (χ4n) is 3.16. The van der Waals surface area contributed by atoms with Crippen LogP contribution in [-0.2, 0) is 0 Å². The molecule has 0 aromatic carbocycles. The van der Waals surface area contributed by atoms with E-state index >= 15 is 0 Å². The average Bonchev–Trinajstić information content (AvgIpc) is 2.03. The molecule has 0 aromatic heterocycles. The molecule has 16 heavy (non-hydrogen) atoms. The van der Waals surface area contributed by atoms with E-state index in [9.17, 15) is 0 Å². The first-order valence-corrected chi connectivity index (χ1v) is 6.97. The molecular formula is C14H28N2. The minimum absolute atomic E-state index is 0.710. The third-order valence-electron chi connectivity index (χ3n) is 4.18. The molecule has 2 heterocycles. The van der Waals surface area contributed by atoms with Gasteiger partial charge in [0.25, 0.3) is 0 Å². The van der Waals surface area contributed by atoms with E-state index in [1.54, 1.807) is 0 Å². The Kier molecular flexibility index (Phi) is 3.60. The lowest BCUT2D eigenvalue weighted by Crippen LogP contribution is -2.72. The van der Waals surface area contributed by atoms with Crippen LogP contribution in [0.5, 0.6) is 0 Å². The van der Waals surface area contributed by atoms with Gasteiger partial charge in [-0.15, -0.1) is 0 Å². The smallest absolute Gasteiger partial charge is 0.0212 e. The quantitative estimate of drug-likeness (QED) is 0.708. The lowest BCUT2D eigenvalue weighted by atomic mass is 9.72. The van der Waals surface area contributed by atoms with Gasteiger partial charge in [0.1, 0.15) is 0 Å². The molecule has 2 saturated heterocycles. The van der Waals surface area contributed by atoms with Gasteiger partial charge in [-0.1, -0.05) is 13.8 Å². The topological polar surface area (TPSA) is 6.48 Å². The highest BCUT2D eigenvalue weighted by Crippen LogP contribution is 2.40. The summed E-state index contributed by atoms with van der Waals surface area (Å²) >= 11 is 0. The van der Waals surface area contributed by atoms with Crippen molar-refractivity contribution in [2.24, 2.45) is 11.3 Å². The molecule has 2 aliphatic heterocycles. The molecule has 0 unspecified atom stereocenters. The highest BCUT2D eigenvalue weighted by molar-refractivity contribution is 5.06. The first-order chi connectivity index (χ1) is 7.51. The van der Waals surface area contributed by atoms with Gasteiger partial charge in [0.2, 0.25) is 0 Å². The molecular weight excluding hydrogens is 196 g/mol. The van der Waals surface area contributed by atoms with Crippen LogP contribution in [0.25, 0.3) is 0 Å². The predicted octanol–water partition coefficient (Wildman–Crippen LogP) is 2.45. The lowest BCUT2D eigenvalue weighted by Gasteiger charge is -2.61. The van der Waals surface area contributed by atoms with E-state index < -0.39 is 0 Å². The average molecular weight is 224 g/mol. The predicted molar refractivity (Wildman–Crippen MR) is 69.7 cm³/mol. The van der Waals surface area contributed by atoms with Crippen molar-refractivity contribution >= 4 is 0 Å². The summed E-state index contributed by atoms with van der Waals surface area (Å²) in [6, 6.07) is 0.751. The molecule has 2 heteroatoms. The molecule has 2 aliphatic rings. The molecule has 0 amide bonds. The summed E-state index contributed by atoms with van der Waals surface area (Å²) in [5.41, 5.74) is 0.710. The Balaban J connectivity index is 1.57. The lowest BCUT2D eigenvalue weighted by molar-refractivity contribution is -0.125. The van der Waals surface area contributed by atoms with E-state index in [0.29, 0.717) is 5.41 Å². The Bertz CT molecular complexity index is 221. The Morgan fingerprint density at radius 2 is 1.62 bits per heavy atom. The minimum atomic E-state index is 0.710. The molecule has 94 valence electrons. The van der Waals surface area contributed by atoms with Crippen LogP contribution in [-0.4, -0.2) is 48.6 Å². The molecule has 0 saturated carbocycles. The van der Waals surface area contributed by atoms with Gasteiger partial charge in [0.05, 0.1) is 0 Å². The molecule has 0 N–H and O–H groups in total. The molecule has 2 fully saturated rings. The summed E-state index contributed by atoms with van der Waals surface area (Å²) in [6.45, 7) is 16.0. The zero-order valence-corrected chi connectivity index (χ0v) is 11.5. The van der Waals surface area contributed by atoms with Crippen LogP contribution in [0.2, 0.25) is 0 Å². The molecule has 1 spiro atoms. The van der Waals surface area contributed by atoms with E-state index in [0.717, 1.165) is 12.0 Å².